The van der Waals surface area contributed by atoms with Crippen LogP contribution in [0.5, 0.6) is 0 Å². The van der Waals surface area contributed by atoms with Gasteiger partial charge in [0.05, 0.1) is 0 Å². The van der Waals surface area contributed by atoms with E-state index < -0.39 is 11.9 Å². The van der Waals surface area contributed by atoms with E-state index in [0.717, 1.165) is 30.1 Å². The van der Waals surface area contributed by atoms with Gasteiger partial charge in [0.15, 0.2) is 6.61 Å². The number of amides is 1. The number of carbonyl (C=O) groups is 2. The number of hydrogen-bond acceptors (Lipinski definition) is 6. The Morgan fingerprint density at radius 3 is 2.39 bits per heavy atom. The fraction of sp³-hybridized carbons (Fsp3) is 0.450. The van der Waals surface area contributed by atoms with Gasteiger partial charge in [-0.05, 0) is 44.0 Å². The Balaban J connectivity index is 1.46. The van der Waals surface area contributed by atoms with Gasteiger partial charge in [-0.15, -0.1) is 0 Å². The van der Waals surface area contributed by atoms with Gasteiger partial charge in [-0.1, -0.05) is 24.2 Å². The standard InChI is InChI=1S/C20H25N3O4S/c1-15-14-28-20(26)23(15)12-19(25)27-13-18(24)21-16-6-8-17(9-7-16)22-10-4-2-3-5-11-22/h6-9,14H,2-5,10-13H2,1H3,(H,21,24). The second-order valence-corrected chi connectivity index (χ2v) is 7.71. The first-order valence-electron chi connectivity index (χ1n) is 9.48. The number of thiazole rings is 1. The zero-order valence-electron chi connectivity index (χ0n) is 16.0. The number of ether oxygens (including phenoxy) is 1. The maximum absolute atomic E-state index is 12.0. The average Bonchev–Trinajstić information content (AvgIpc) is 2.90. The molecule has 2 aromatic rings. The topological polar surface area (TPSA) is 80.6 Å². The summed E-state index contributed by atoms with van der Waals surface area (Å²) in [5, 5.41) is 4.40. The highest BCUT2D eigenvalue weighted by Gasteiger charge is 2.13. The average molecular weight is 404 g/mol. The maximum Gasteiger partial charge on any atom is 0.326 e. The molecule has 0 saturated carbocycles. The van der Waals surface area contributed by atoms with Crippen molar-refractivity contribution < 1.29 is 14.3 Å². The van der Waals surface area contributed by atoms with Gasteiger partial charge >= 0.3 is 10.8 Å². The highest BCUT2D eigenvalue weighted by Crippen LogP contribution is 2.21. The van der Waals surface area contributed by atoms with E-state index in [0.29, 0.717) is 11.4 Å². The predicted octanol–water partition coefficient (Wildman–Crippen LogP) is 2.78. The Labute approximate surface area is 167 Å². The number of aromatic nitrogens is 1. The monoisotopic (exact) mass is 403 g/mol. The van der Waals surface area contributed by atoms with Crippen LogP contribution < -0.4 is 15.1 Å². The largest absolute Gasteiger partial charge is 0.454 e. The van der Waals surface area contributed by atoms with E-state index in [2.05, 4.69) is 10.2 Å². The molecule has 1 aromatic carbocycles. The molecule has 0 bridgehead atoms. The fourth-order valence-corrected chi connectivity index (χ4v) is 3.93. The molecule has 1 N–H and O–H groups in total. The molecule has 0 atom stereocenters. The normalized spacial score (nSPS) is 14.4. The molecule has 7 nitrogen and oxygen atoms in total. The molecular weight excluding hydrogens is 378 g/mol. The first kappa shape index (κ1) is 20.1. The lowest BCUT2D eigenvalue weighted by atomic mass is 10.2. The van der Waals surface area contributed by atoms with Crippen molar-refractivity contribution in [1.29, 1.82) is 0 Å². The molecule has 28 heavy (non-hydrogen) atoms. The third-order valence-corrected chi connectivity index (χ3v) is 5.63. The molecule has 0 aliphatic carbocycles. The molecule has 150 valence electrons. The summed E-state index contributed by atoms with van der Waals surface area (Å²) in [7, 11) is 0. The summed E-state index contributed by atoms with van der Waals surface area (Å²) >= 11 is 1.03. The molecule has 1 aromatic heterocycles. The highest BCUT2D eigenvalue weighted by atomic mass is 32.1. The van der Waals surface area contributed by atoms with Crippen molar-refractivity contribution in [2.24, 2.45) is 0 Å². The number of hydrogen-bond donors (Lipinski definition) is 1. The van der Waals surface area contributed by atoms with Gasteiger partial charge in [0.1, 0.15) is 6.54 Å². The van der Waals surface area contributed by atoms with Gasteiger partial charge in [-0.25, -0.2) is 0 Å². The SMILES string of the molecule is Cc1csc(=O)n1CC(=O)OCC(=O)Nc1ccc(N2CCCCCC2)cc1. The second-order valence-electron chi connectivity index (χ2n) is 6.89. The van der Waals surface area contributed by atoms with Crippen molar-refractivity contribution in [3.8, 4) is 0 Å². The van der Waals surface area contributed by atoms with E-state index in [-0.39, 0.29) is 18.0 Å². The summed E-state index contributed by atoms with van der Waals surface area (Å²) in [5.74, 6) is -1.03. The highest BCUT2D eigenvalue weighted by molar-refractivity contribution is 7.07. The third-order valence-electron chi connectivity index (χ3n) is 4.75. The first-order valence-corrected chi connectivity index (χ1v) is 10.4. The maximum atomic E-state index is 12.0. The van der Waals surface area contributed by atoms with Gasteiger partial charge in [0.2, 0.25) is 0 Å². The lowest BCUT2D eigenvalue weighted by Gasteiger charge is -2.22. The van der Waals surface area contributed by atoms with E-state index in [1.54, 1.807) is 12.3 Å². The molecule has 3 rings (SSSR count). The van der Waals surface area contributed by atoms with Crippen LogP contribution in [0, 0.1) is 6.92 Å². The fourth-order valence-electron chi connectivity index (χ4n) is 3.20. The lowest BCUT2D eigenvalue weighted by Crippen LogP contribution is -2.26. The summed E-state index contributed by atoms with van der Waals surface area (Å²) in [4.78, 5) is 37.6. The smallest absolute Gasteiger partial charge is 0.326 e. The quantitative estimate of drug-likeness (QED) is 0.750. The van der Waals surface area contributed by atoms with Gasteiger partial charge in [0.25, 0.3) is 5.91 Å². The van der Waals surface area contributed by atoms with E-state index in [4.69, 9.17) is 4.74 Å². The molecule has 1 amide bonds. The summed E-state index contributed by atoms with van der Waals surface area (Å²) in [5.41, 5.74) is 2.51. The minimum Gasteiger partial charge on any atom is -0.454 e. The Morgan fingerprint density at radius 2 is 1.79 bits per heavy atom. The van der Waals surface area contributed by atoms with Crippen LogP contribution in [0.2, 0.25) is 0 Å². The molecule has 0 spiro atoms. The molecule has 8 heteroatoms. The lowest BCUT2D eigenvalue weighted by molar-refractivity contribution is -0.147. The van der Waals surface area contributed by atoms with Gasteiger partial charge in [-0.2, -0.15) is 0 Å². The number of aryl methyl sites for hydroxylation is 1. The van der Waals surface area contributed by atoms with E-state index >= 15 is 0 Å². The molecule has 1 saturated heterocycles. The number of esters is 1. The van der Waals surface area contributed by atoms with Crippen molar-refractivity contribution >= 4 is 34.6 Å². The minimum absolute atomic E-state index is 0.189. The second kappa shape index (κ2) is 9.54. The number of rotatable bonds is 6. The van der Waals surface area contributed by atoms with Crippen LogP contribution >= 0.6 is 11.3 Å². The Morgan fingerprint density at radius 1 is 1.11 bits per heavy atom. The number of anilines is 2. The zero-order valence-corrected chi connectivity index (χ0v) is 16.8. The molecular formula is C20H25N3O4S. The van der Waals surface area contributed by atoms with Crippen LogP contribution in [-0.4, -0.2) is 36.1 Å². The third kappa shape index (κ3) is 5.45. The predicted molar refractivity (Wildman–Crippen MR) is 110 cm³/mol. The van der Waals surface area contributed by atoms with Crippen molar-refractivity contribution in [2.45, 2.75) is 39.2 Å². The molecule has 1 aliphatic rings. The summed E-state index contributed by atoms with van der Waals surface area (Å²) in [6.07, 6.45) is 4.98. The number of carbonyl (C=O) groups excluding carboxylic acids is 2. The molecule has 0 unspecified atom stereocenters. The molecule has 0 radical (unpaired) electrons. The van der Waals surface area contributed by atoms with E-state index in [9.17, 15) is 14.4 Å². The van der Waals surface area contributed by atoms with Crippen LogP contribution in [0.15, 0.2) is 34.4 Å². The Bertz CT molecular complexity index is 864. The van der Waals surface area contributed by atoms with E-state index in [1.165, 1.54) is 30.3 Å². The Kier molecular flexibility index (Phi) is 6.86. The zero-order chi connectivity index (χ0) is 19.9. The summed E-state index contributed by atoms with van der Waals surface area (Å²) < 4.78 is 6.30. The van der Waals surface area contributed by atoms with Crippen molar-refractivity contribution in [3.63, 3.8) is 0 Å². The molecule has 1 aliphatic heterocycles. The van der Waals surface area contributed by atoms with Gasteiger partial charge in [0, 0.05) is 35.5 Å². The number of nitrogens with zero attached hydrogens (tertiary/aromatic N) is 2. The van der Waals surface area contributed by atoms with Gasteiger partial charge < -0.3 is 15.0 Å². The van der Waals surface area contributed by atoms with E-state index in [1.807, 2.05) is 24.3 Å². The van der Waals surface area contributed by atoms with Crippen molar-refractivity contribution in [1.82, 2.24) is 4.57 Å². The van der Waals surface area contributed by atoms with Crippen LogP contribution in [0.25, 0.3) is 0 Å². The molecule has 1 fully saturated rings. The van der Waals surface area contributed by atoms with Crippen LogP contribution in [0.1, 0.15) is 31.4 Å². The first-order chi connectivity index (χ1) is 13.5. The van der Waals surface area contributed by atoms with Crippen LogP contribution in [-0.2, 0) is 20.9 Å². The molecule has 2 heterocycles. The Hall–Kier alpha value is -2.61. The number of benzene rings is 1. The van der Waals surface area contributed by atoms with Crippen LogP contribution in [0.3, 0.4) is 0 Å². The summed E-state index contributed by atoms with van der Waals surface area (Å²) in [6, 6.07) is 7.71. The summed E-state index contributed by atoms with van der Waals surface area (Å²) in [6.45, 7) is 3.30. The van der Waals surface area contributed by atoms with Crippen LogP contribution in [0.4, 0.5) is 11.4 Å². The number of nitrogens with one attached hydrogen (secondary N) is 1. The minimum atomic E-state index is -0.615. The van der Waals surface area contributed by atoms with Crippen molar-refractivity contribution in [2.75, 3.05) is 29.9 Å². The van der Waals surface area contributed by atoms with Gasteiger partial charge in [-0.3, -0.25) is 19.0 Å². The van der Waals surface area contributed by atoms with Crippen molar-refractivity contribution in [3.05, 3.63) is 45.0 Å².